The molecule has 2 rings (SSSR count). The minimum Gasteiger partial charge on any atom is -0.354 e. The van der Waals surface area contributed by atoms with Gasteiger partial charge in [0.1, 0.15) is 5.82 Å². The largest absolute Gasteiger partial charge is 0.354 e. The molecule has 0 aliphatic carbocycles. The first-order valence-electron chi connectivity index (χ1n) is 8.45. The Bertz CT molecular complexity index is 750. The first-order chi connectivity index (χ1) is 12.4. The smallest absolute Gasteiger partial charge is 0.224 e. The molecule has 0 unspecified atom stereocenters. The summed E-state index contributed by atoms with van der Waals surface area (Å²) < 4.78 is 12.9. The van der Waals surface area contributed by atoms with Gasteiger partial charge in [-0.25, -0.2) is 4.39 Å². The van der Waals surface area contributed by atoms with Gasteiger partial charge in [0.15, 0.2) is 0 Å². The Morgan fingerprint density at radius 2 is 1.81 bits per heavy atom. The number of benzene rings is 2. The average Bonchev–Trinajstić information content (AvgIpc) is 2.59. The van der Waals surface area contributed by atoms with Crippen LogP contribution in [0.2, 0.25) is 5.02 Å². The molecule has 2 aromatic rings. The minimum absolute atomic E-state index is 0.0418. The second-order valence-electron chi connectivity index (χ2n) is 6.04. The number of hydrogen-bond acceptors (Lipinski definition) is 2. The van der Waals surface area contributed by atoms with Crippen molar-refractivity contribution in [2.45, 2.75) is 19.8 Å². The van der Waals surface area contributed by atoms with Crippen LogP contribution in [0.4, 0.5) is 4.39 Å². The zero-order valence-electron chi connectivity index (χ0n) is 14.7. The topological polar surface area (TPSA) is 49.4 Å². The lowest BCUT2D eigenvalue weighted by Gasteiger charge is -2.21. The van der Waals surface area contributed by atoms with Crippen LogP contribution in [0.25, 0.3) is 0 Å². The third-order valence-corrected chi connectivity index (χ3v) is 4.22. The molecule has 2 amide bonds. The third kappa shape index (κ3) is 6.84. The first kappa shape index (κ1) is 19.9. The molecule has 0 saturated heterocycles. The summed E-state index contributed by atoms with van der Waals surface area (Å²) in [6.07, 6.45) is 0.881. The number of nitrogens with zero attached hydrogens (tertiary/aromatic N) is 1. The molecule has 0 aliphatic rings. The van der Waals surface area contributed by atoms with E-state index in [9.17, 15) is 14.0 Å². The van der Waals surface area contributed by atoms with Gasteiger partial charge in [-0.15, -0.1) is 0 Å². The normalized spacial score (nSPS) is 10.4. The average molecular weight is 377 g/mol. The van der Waals surface area contributed by atoms with Gasteiger partial charge in [0.2, 0.25) is 11.8 Å². The maximum Gasteiger partial charge on any atom is 0.224 e. The molecular formula is C20H22ClFN2O2. The van der Waals surface area contributed by atoms with E-state index in [1.807, 2.05) is 24.3 Å². The highest BCUT2D eigenvalue weighted by molar-refractivity contribution is 6.30. The summed E-state index contributed by atoms with van der Waals surface area (Å²) in [6.45, 7) is 2.88. The second-order valence-corrected chi connectivity index (χ2v) is 6.48. The van der Waals surface area contributed by atoms with Crippen LogP contribution in [0.1, 0.15) is 18.1 Å². The lowest BCUT2D eigenvalue weighted by atomic mass is 10.1. The number of hydrogen-bond donors (Lipinski definition) is 1. The van der Waals surface area contributed by atoms with Crippen LogP contribution >= 0.6 is 11.6 Å². The highest BCUT2D eigenvalue weighted by Crippen LogP contribution is 2.11. The molecular weight excluding hydrogens is 355 g/mol. The SMILES string of the molecule is CC(=O)N(CCNC(=O)Cc1ccc(F)cc1)CCc1cccc(Cl)c1. The zero-order chi connectivity index (χ0) is 18.9. The Morgan fingerprint density at radius 3 is 2.46 bits per heavy atom. The number of rotatable bonds is 8. The van der Waals surface area contributed by atoms with E-state index in [0.29, 0.717) is 31.1 Å². The van der Waals surface area contributed by atoms with E-state index in [0.717, 1.165) is 11.1 Å². The summed E-state index contributed by atoms with van der Waals surface area (Å²) in [7, 11) is 0. The minimum atomic E-state index is -0.328. The molecule has 0 atom stereocenters. The second kappa shape index (κ2) is 9.92. The summed E-state index contributed by atoms with van der Waals surface area (Å²) in [6, 6.07) is 13.4. The molecule has 6 heteroatoms. The molecule has 138 valence electrons. The van der Waals surface area contributed by atoms with Crippen LogP contribution in [0.3, 0.4) is 0 Å². The zero-order valence-corrected chi connectivity index (χ0v) is 15.4. The van der Waals surface area contributed by atoms with E-state index >= 15 is 0 Å². The fraction of sp³-hybridized carbons (Fsp3) is 0.300. The molecule has 0 saturated carbocycles. The standard InChI is InChI=1S/C20H22ClFN2O2/c1-15(25)24(11-9-16-3-2-4-18(21)13-16)12-10-23-20(26)14-17-5-7-19(22)8-6-17/h2-8,13H,9-12,14H2,1H3,(H,23,26). The van der Waals surface area contributed by atoms with Crippen molar-refractivity contribution in [1.29, 1.82) is 0 Å². The van der Waals surface area contributed by atoms with E-state index in [-0.39, 0.29) is 24.1 Å². The van der Waals surface area contributed by atoms with Crippen molar-refractivity contribution >= 4 is 23.4 Å². The molecule has 2 aromatic carbocycles. The van der Waals surface area contributed by atoms with Crippen molar-refractivity contribution in [2.75, 3.05) is 19.6 Å². The number of carbonyl (C=O) groups is 2. The summed E-state index contributed by atoms with van der Waals surface area (Å²) in [5.41, 5.74) is 1.80. The van der Waals surface area contributed by atoms with Gasteiger partial charge in [0.05, 0.1) is 6.42 Å². The van der Waals surface area contributed by atoms with Gasteiger partial charge in [0, 0.05) is 31.6 Å². The Kier molecular flexibility index (Phi) is 7.60. The van der Waals surface area contributed by atoms with Crippen LogP contribution in [-0.4, -0.2) is 36.3 Å². The van der Waals surface area contributed by atoms with Crippen molar-refractivity contribution in [3.8, 4) is 0 Å². The molecule has 0 heterocycles. The molecule has 26 heavy (non-hydrogen) atoms. The number of amides is 2. The highest BCUT2D eigenvalue weighted by atomic mass is 35.5. The molecule has 4 nitrogen and oxygen atoms in total. The van der Waals surface area contributed by atoms with E-state index in [1.165, 1.54) is 19.1 Å². The monoisotopic (exact) mass is 376 g/mol. The quantitative estimate of drug-likeness (QED) is 0.769. The molecule has 0 fully saturated rings. The van der Waals surface area contributed by atoms with E-state index < -0.39 is 0 Å². The summed E-state index contributed by atoms with van der Waals surface area (Å²) in [5, 5.41) is 3.46. The Hall–Kier alpha value is -2.40. The molecule has 0 aliphatic heterocycles. The third-order valence-electron chi connectivity index (χ3n) is 3.99. The van der Waals surface area contributed by atoms with Gasteiger partial charge in [-0.1, -0.05) is 35.9 Å². The van der Waals surface area contributed by atoms with Crippen molar-refractivity contribution in [3.05, 3.63) is 70.5 Å². The number of nitrogens with one attached hydrogen (secondary N) is 1. The fourth-order valence-corrected chi connectivity index (χ4v) is 2.78. The summed E-state index contributed by atoms with van der Waals surface area (Å²) in [4.78, 5) is 25.4. The van der Waals surface area contributed by atoms with Gasteiger partial charge < -0.3 is 10.2 Å². The van der Waals surface area contributed by atoms with Crippen LogP contribution in [0.15, 0.2) is 48.5 Å². The lowest BCUT2D eigenvalue weighted by Crippen LogP contribution is -2.39. The van der Waals surface area contributed by atoms with Crippen molar-refractivity contribution < 1.29 is 14.0 Å². The van der Waals surface area contributed by atoms with Crippen LogP contribution in [0, 0.1) is 5.82 Å². The summed E-state index contributed by atoms with van der Waals surface area (Å²) >= 11 is 5.97. The van der Waals surface area contributed by atoms with Crippen molar-refractivity contribution in [2.24, 2.45) is 0 Å². The number of halogens is 2. The first-order valence-corrected chi connectivity index (χ1v) is 8.83. The van der Waals surface area contributed by atoms with Gasteiger partial charge in [0.25, 0.3) is 0 Å². The van der Waals surface area contributed by atoms with Gasteiger partial charge >= 0.3 is 0 Å². The van der Waals surface area contributed by atoms with Crippen molar-refractivity contribution in [1.82, 2.24) is 10.2 Å². The maximum absolute atomic E-state index is 12.9. The predicted molar refractivity (Wildman–Crippen MR) is 101 cm³/mol. The fourth-order valence-electron chi connectivity index (χ4n) is 2.56. The van der Waals surface area contributed by atoms with E-state index in [2.05, 4.69) is 5.32 Å². The highest BCUT2D eigenvalue weighted by Gasteiger charge is 2.10. The van der Waals surface area contributed by atoms with Crippen LogP contribution in [0.5, 0.6) is 0 Å². The molecule has 1 N–H and O–H groups in total. The molecule has 0 radical (unpaired) electrons. The lowest BCUT2D eigenvalue weighted by molar-refractivity contribution is -0.129. The Balaban J connectivity index is 1.76. The molecule has 0 aromatic heterocycles. The summed E-state index contributed by atoms with van der Waals surface area (Å²) in [5.74, 6) is -0.527. The van der Waals surface area contributed by atoms with Crippen molar-refractivity contribution in [3.63, 3.8) is 0 Å². The Morgan fingerprint density at radius 1 is 1.08 bits per heavy atom. The molecule has 0 spiro atoms. The van der Waals surface area contributed by atoms with Gasteiger partial charge in [-0.3, -0.25) is 9.59 Å². The molecule has 0 bridgehead atoms. The van der Waals surface area contributed by atoms with Gasteiger partial charge in [-0.05, 0) is 41.8 Å². The van der Waals surface area contributed by atoms with Crippen LogP contribution in [-0.2, 0) is 22.4 Å². The number of carbonyl (C=O) groups excluding carboxylic acids is 2. The Labute approximate surface area is 158 Å². The predicted octanol–water partition coefficient (Wildman–Crippen LogP) is 3.23. The van der Waals surface area contributed by atoms with Gasteiger partial charge in [-0.2, -0.15) is 0 Å². The maximum atomic E-state index is 12.9. The van der Waals surface area contributed by atoms with E-state index in [1.54, 1.807) is 17.0 Å². The van der Waals surface area contributed by atoms with Crippen LogP contribution < -0.4 is 5.32 Å². The van der Waals surface area contributed by atoms with E-state index in [4.69, 9.17) is 11.6 Å².